The highest BCUT2D eigenvalue weighted by atomic mass is 19.4. The molecule has 1 atom stereocenters. The second-order valence-corrected chi connectivity index (χ2v) is 7.81. The Morgan fingerprint density at radius 2 is 1.63 bits per heavy atom. The van der Waals surface area contributed by atoms with Gasteiger partial charge in [-0.2, -0.15) is 13.2 Å². The maximum Gasteiger partial charge on any atom is 0.449 e. The van der Waals surface area contributed by atoms with Crippen LogP contribution in [0.4, 0.5) is 18.9 Å². The fourth-order valence-corrected chi connectivity index (χ4v) is 3.99. The largest absolute Gasteiger partial charge is 0.449 e. The first-order valence-corrected chi connectivity index (χ1v) is 10.1. The van der Waals surface area contributed by atoms with Crippen LogP contribution in [0.3, 0.4) is 0 Å². The summed E-state index contributed by atoms with van der Waals surface area (Å²) in [4.78, 5) is 8.12. The average Bonchev–Trinajstić information content (AvgIpc) is 3.08. The van der Waals surface area contributed by atoms with Crippen LogP contribution in [0.1, 0.15) is 11.4 Å². The van der Waals surface area contributed by atoms with E-state index in [2.05, 4.69) is 46.0 Å². The highest BCUT2D eigenvalue weighted by molar-refractivity contribution is 5.76. The number of alkyl halides is 3. The summed E-state index contributed by atoms with van der Waals surface area (Å²) in [6.07, 6.45) is -5.49. The molecule has 1 saturated heterocycles. The van der Waals surface area contributed by atoms with E-state index in [1.165, 1.54) is 11.3 Å². The van der Waals surface area contributed by atoms with Crippen LogP contribution in [0, 0.1) is 6.92 Å². The van der Waals surface area contributed by atoms with Gasteiger partial charge >= 0.3 is 6.18 Å². The third kappa shape index (κ3) is 4.44. The number of hydrogen-bond donors (Lipinski definition) is 1. The van der Waals surface area contributed by atoms with E-state index in [4.69, 9.17) is 0 Å². The van der Waals surface area contributed by atoms with Gasteiger partial charge in [0.2, 0.25) is 5.82 Å². The number of fused-ring (bicyclic) bond motifs is 1. The van der Waals surface area contributed by atoms with Gasteiger partial charge in [0.1, 0.15) is 0 Å². The Morgan fingerprint density at radius 3 is 2.30 bits per heavy atom. The topological polar surface area (TPSA) is 44.5 Å². The van der Waals surface area contributed by atoms with Crippen LogP contribution >= 0.6 is 0 Å². The van der Waals surface area contributed by atoms with Gasteiger partial charge in [-0.05, 0) is 31.2 Å². The Morgan fingerprint density at radius 1 is 0.967 bits per heavy atom. The quantitative estimate of drug-likeness (QED) is 0.688. The van der Waals surface area contributed by atoms with Crippen molar-refractivity contribution in [3.05, 3.63) is 59.9 Å². The summed E-state index contributed by atoms with van der Waals surface area (Å²) in [5.74, 6) is -0.966. The van der Waals surface area contributed by atoms with Crippen molar-refractivity contribution in [3.8, 4) is 0 Å². The molecule has 0 spiro atoms. The molecule has 0 unspecified atom stereocenters. The lowest BCUT2D eigenvalue weighted by Gasteiger charge is -2.37. The lowest BCUT2D eigenvalue weighted by atomic mass is 10.2. The Balaban J connectivity index is 1.40. The van der Waals surface area contributed by atoms with Gasteiger partial charge in [-0.25, -0.2) is 4.98 Å². The molecule has 5 nitrogen and oxygen atoms in total. The molecule has 1 aromatic heterocycles. The Labute approximate surface area is 173 Å². The number of aliphatic hydroxyl groups is 1. The molecule has 2 heterocycles. The summed E-state index contributed by atoms with van der Waals surface area (Å²) in [5, 5.41) is 10.6. The van der Waals surface area contributed by atoms with Gasteiger partial charge < -0.3 is 14.6 Å². The minimum Gasteiger partial charge on any atom is -0.390 e. The minimum absolute atomic E-state index is 0.145. The van der Waals surface area contributed by atoms with E-state index < -0.39 is 18.1 Å². The summed E-state index contributed by atoms with van der Waals surface area (Å²) in [6.45, 7) is 5.37. The van der Waals surface area contributed by atoms with Gasteiger partial charge in [-0.15, -0.1) is 0 Å². The SMILES string of the molecule is Cc1ccc(N2CCN(C[C@H](O)Cn3c(C(F)(F)F)nc4ccccc43)CC2)cc1. The fourth-order valence-electron chi connectivity index (χ4n) is 3.99. The van der Waals surface area contributed by atoms with Crippen molar-refractivity contribution in [1.82, 2.24) is 14.5 Å². The zero-order valence-electron chi connectivity index (χ0n) is 16.8. The normalized spacial score (nSPS) is 16.9. The van der Waals surface area contributed by atoms with Crippen LogP contribution in [0.2, 0.25) is 0 Å². The molecule has 8 heteroatoms. The van der Waals surface area contributed by atoms with Crippen molar-refractivity contribution >= 4 is 16.7 Å². The van der Waals surface area contributed by atoms with Gasteiger partial charge in [0.25, 0.3) is 0 Å². The molecule has 0 amide bonds. The molecule has 1 N–H and O–H groups in total. The molecule has 1 aliphatic rings. The van der Waals surface area contributed by atoms with Gasteiger partial charge in [0.15, 0.2) is 0 Å². The highest BCUT2D eigenvalue weighted by Gasteiger charge is 2.38. The first-order valence-electron chi connectivity index (χ1n) is 10.1. The van der Waals surface area contributed by atoms with Crippen LogP contribution in [0.15, 0.2) is 48.5 Å². The number of aryl methyl sites for hydroxylation is 1. The van der Waals surface area contributed by atoms with Crippen molar-refractivity contribution in [2.45, 2.75) is 25.7 Å². The smallest absolute Gasteiger partial charge is 0.390 e. The molecule has 3 aromatic rings. The lowest BCUT2D eigenvalue weighted by Crippen LogP contribution is -2.49. The molecule has 1 fully saturated rings. The number of benzene rings is 2. The zero-order valence-corrected chi connectivity index (χ0v) is 16.8. The number of rotatable bonds is 5. The van der Waals surface area contributed by atoms with E-state index in [0.717, 1.165) is 30.7 Å². The molecule has 30 heavy (non-hydrogen) atoms. The molecule has 2 aromatic carbocycles. The number of nitrogens with zero attached hydrogens (tertiary/aromatic N) is 4. The van der Waals surface area contributed by atoms with Crippen LogP contribution < -0.4 is 4.90 Å². The number of aliphatic hydroxyl groups excluding tert-OH is 1. The zero-order chi connectivity index (χ0) is 21.3. The fraction of sp³-hybridized carbons (Fsp3) is 0.409. The standard InChI is InChI=1S/C22H25F3N4O/c1-16-6-8-17(9-7-16)28-12-10-27(11-13-28)14-18(30)15-29-20-5-3-2-4-19(20)26-21(29)22(23,24)25/h2-9,18,30H,10-15H2,1H3/t18-/m0/s1. The third-order valence-electron chi connectivity index (χ3n) is 5.54. The number of para-hydroxylation sites is 2. The van der Waals surface area contributed by atoms with Crippen LogP contribution in [0.25, 0.3) is 11.0 Å². The minimum atomic E-state index is -4.57. The number of β-amino-alcohol motifs (C(OH)–C–C–N with tert-alkyl or cyclic N) is 1. The van der Waals surface area contributed by atoms with Gasteiger partial charge in [0.05, 0.1) is 23.7 Å². The van der Waals surface area contributed by atoms with E-state index in [0.29, 0.717) is 12.1 Å². The van der Waals surface area contributed by atoms with Crippen LogP contribution in [-0.2, 0) is 12.7 Å². The van der Waals surface area contributed by atoms with Gasteiger partial charge in [-0.1, -0.05) is 29.8 Å². The molecular weight excluding hydrogens is 393 g/mol. The molecular formula is C22H25F3N4O. The number of aromatic nitrogens is 2. The van der Waals surface area contributed by atoms with E-state index in [-0.39, 0.29) is 12.1 Å². The first kappa shape index (κ1) is 20.7. The number of hydrogen-bond acceptors (Lipinski definition) is 4. The molecule has 1 aliphatic heterocycles. The lowest BCUT2D eigenvalue weighted by molar-refractivity contribution is -0.147. The van der Waals surface area contributed by atoms with Crippen molar-refractivity contribution in [2.75, 3.05) is 37.6 Å². The highest BCUT2D eigenvalue weighted by Crippen LogP contribution is 2.31. The van der Waals surface area contributed by atoms with Crippen molar-refractivity contribution in [3.63, 3.8) is 0 Å². The van der Waals surface area contributed by atoms with Crippen molar-refractivity contribution in [2.24, 2.45) is 0 Å². The average molecular weight is 418 g/mol. The molecule has 0 saturated carbocycles. The van der Waals surface area contributed by atoms with Gasteiger partial charge in [-0.3, -0.25) is 4.90 Å². The summed E-state index contributed by atoms with van der Waals surface area (Å²) in [7, 11) is 0. The summed E-state index contributed by atoms with van der Waals surface area (Å²) in [5.41, 5.74) is 3.04. The van der Waals surface area contributed by atoms with Crippen LogP contribution in [0.5, 0.6) is 0 Å². The number of imidazole rings is 1. The molecule has 0 aliphatic carbocycles. The van der Waals surface area contributed by atoms with E-state index in [1.807, 2.05) is 0 Å². The second-order valence-electron chi connectivity index (χ2n) is 7.81. The second kappa shape index (κ2) is 8.28. The van der Waals surface area contributed by atoms with E-state index in [9.17, 15) is 18.3 Å². The predicted octanol–water partition coefficient (Wildman–Crippen LogP) is 3.55. The van der Waals surface area contributed by atoms with Crippen molar-refractivity contribution in [1.29, 1.82) is 0 Å². The summed E-state index contributed by atoms with van der Waals surface area (Å²) in [6, 6.07) is 14.9. The summed E-state index contributed by atoms with van der Waals surface area (Å²) >= 11 is 0. The Hall–Kier alpha value is -2.58. The molecule has 160 valence electrons. The monoisotopic (exact) mass is 418 g/mol. The maximum absolute atomic E-state index is 13.4. The van der Waals surface area contributed by atoms with Crippen LogP contribution in [-0.4, -0.2) is 58.4 Å². The predicted molar refractivity (Wildman–Crippen MR) is 111 cm³/mol. The van der Waals surface area contributed by atoms with E-state index in [1.54, 1.807) is 24.3 Å². The number of piperazine rings is 1. The number of anilines is 1. The Kier molecular flexibility index (Phi) is 5.71. The van der Waals surface area contributed by atoms with Crippen molar-refractivity contribution < 1.29 is 18.3 Å². The molecule has 4 rings (SSSR count). The van der Waals surface area contributed by atoms with Gasteiger partial charge in [0, 0.05) is 38.4 Å². The first-order chi connectivity index (χ1) is 14.3. The third-order valence-corrected chi connectivity index (χ3v) is 5.54. The number of halogens is 3. The molecule has 0 bridgehead atoms. The Bertz CT molecular complexity index is 992. The molecule has 0 radical (unpaired) electrons. The maximum atomic E-state index is 13.4. The summed E-state index contributed by atoms with van der Waals surface area (Å²) < 4.78 is 41.4. The van der Waals surface area contributed by atoms with E-state index >= 15 is 0 Å².